The van der Waals surface area contributed by atoms with Gasteiger partial charge in [-0.05, 0) is 32.9 Å². The van der Waals surface area contributed by atoms with Crippen LogP contribution in [0.25, 0.3) is 0 Å². The average Bonchev–Trinajstić information content (AvgIpc) is 2.33. The highest BCUT2D eigenvalue weighted by atomic mass is 16.2. The first-order valence-electron chi connectivity index (χ1n) is 6.40. The largest absolute Gasteiger partial charge is 0.361 e. The summed E-state index contributed by atoms with van der Waals surface area (Å²) in [7, 11) is 0. The zero-order valence-corrected chi connectivity index (χ0v) is 11.8. The Labute approximate surface area is 115 Å². The van der Waals surface area contributed by atoms with E-state index in [0.717, 1.165) is 5.69 Å². The number of carbonyl (C=O) groups excluding carboxylic acids is 1. The van der Waals surface area contributed by atoms with Gasteiger partial charge in [-0.2, -0.15) is 5.26 Å². The standard InChI is InChI=1S/C15H21N3O/c1-15(2,3)17-14(19)12-18(11-7-10-16)13-8-5-4-6-9-13/h4-6,8-9H,7,11-12H2,1-3H3,(H,17,19). The van der Waals surface area contributed by atoms with E-state index in [1.165, 1.54) is 0 Å². The van der Waals surface area contributed by atoms with Crippen LogP contribution in [0.15, 0.2) is 30.3 Å². The Hall–Kier alpha value is -2.02. The van der Waals surface area contributed by atoms with Gasteiger partial charge in [-0.25, -0.2) is 0 Å². The van der Waals surface area contributed by atoms with E-state index in [2.05, 4.69) is 11.4 Å². The van der Waals surface area contributed by atoms with Gasteiger partial charge < -0.3 is 10.2 Å². The molecule has 0 aliphatic carbocycles. The highest BCUT2D eigenvalue weighted by Crippen LogP contribution is 2.13. The number of anilines is 1. The van der Waals surface area contributed by atoms with Crippen molar-refractivity contribution >= 4 is 11.6 Å². The number of nitriles is 1. The van der Waals surface area contributed by atoms with Gasteiger partial charge in [0.15, 0.2) is 0 Å². The van der Waals surface area contributed by atoms with Crippen LogP contribution in [0.2, 0.25) is 0 Å². The molecule has 0 radical (unpaired) electrons. The molecule has 1 amide bonds. The summed E-state index contributed by atoms with van der Waals surface area (Å²) in [6, 6.07) is 11.8. The van der Waals surface area contributed by atoms with Gasteiger partial charge in [-0.15, -0.1) is 0 Å². The highest BCUT2D eigenvalue weighted by Gasteiger charge is 2.16. The van der Waals surface area contributed by atoms with Crippen LogP contribution in [-0.4, -0.2) is 24.5 Å². The second-order valence-corrected chi connectivity index (χ2v) is 5.46. The topological polar surface area (TPSA) is 56.1 Å². The van der Waals surface area contributed by atoms with Crippen LogP contribution in [0, 0.1) is 11.3 Å². The van der Waals surface area contributed by atoms with Crippen molar-refractivity contribution < 1.29 is 4.79 Å². The second kappa shape index (κ2) is 6.79. The number of hydrogen-bond acceptors (Lipinski definition) is 3. The fourth-order valence-corrected chi connectivity index (χ4v) is 1.75. The van der Waals surface area contributed by atoms with Crippen molar-refractivity contribution in [1.29, 1.82) is 5.26 Å². The predicted molar refractivity (Wildman–Crippen MR) is 76.8 cm³/mol. The number of para-hydroxylation sites is 1. The molecule has 0 aromatic heterocycles. The molecule has 0 saturated carbocycles. The number of benzene rings is 1. The van der Waals surface area contributed by atoms with Crippen LogP contribution < -0.4 is 10.2 Å². The number of nitrogens with one attached hydrogen (secondary N) is 1. The molecular formula is C15H21N3O. The van der Waals surface area contributed by atoms with E-state index in [0.29, 0.717) is 13.0 Å². The monoisotopic (exact) mass is 259 g/mol. The molecule has 19 heavy (non-hydrogen) atoms. The maximum absolute atomic E-state index is 12.0. The van der Waals surface area contributed by atoms with E-state index >= 15 is 0 Å². The highest BCUT2D eigenvalue weighted by molar-refractivity contribution is 5.81. The van der Waals surface area contributed by atoms with Crippen molar-refractivity contribution in [3.05, 3.63) is 30.3 Å². The van der Waals surface area contributed by atoms with Crippen molar-refractivity contribution in [3.8, 4) is 6.07 Å². The maximum atomic E-state index is 12.0. The molecule has 4 heteroatoms. The molecule has 0 spiro atoms. The summed E-state index contributed by atoms with van der Waals surface area (Å²) >= 11 is 0. The summed E-state index contributed by atoms with van der Waals surface area (Å²) in [5.41, 5.74) is 0.719. The van der Waals surface area contributed by atoms with Crippen molar-refractivity contribution in [2.45, 2.75) is 32.7 Å². The molecule has 1 aromatic rings. The van der Waals surface area contributed by atoms with Gasteiger partial charge in [0.05, 0.1) is 19.0 Å². The van der Waals surface area contributed by atoms with Crippen LogP contribution in [0.1, 0.15) is 27.2 Å². The van der Waals surface area contributed by atoms with Crippen molar-refractivity contribution in [2.75, 3.05) is 18.0 Å². The Morgan fingerprint density at radius 1 is 1.32 bits per heavy atom. The molecule has 102 valence electrons. The first-order valence-corrected chi connectivity index (χ1v) is 6.40. The minimum Gasteiger partial charge on any atom is -0.361 e. The summed E-state index contributed by atoms with van der Waals surface area (Å²) in [5, 5.41) is 11.6. The molecule has 0 aliphatic rings. The lowest BCUT2D eigenvalue weighted by Gasteiger charge is -2.26. The third-order valence-electron chi connectivity index (χ3n) is 2.46. The van der Waals surface area contributed by atoms with Gasteiger partial charge in [0.25, 0.3) is 0 Å². The zero-order valence-electron chi connectivity index (χ0n) is 11.8. The molecule has 0 unspecified atom stereocenters. The predicted octanol–water partition coefficient (Wildman–Crippen LogP) is 2.32. The summed E-state index contributed by atoms with van der Waals surface area (Å²) in [6.07, 6.45) is 0.400. The lowest BCUT2D eigenvalue weighted by atomic mass is 10.1. The van der Waals surface area contributed by atoms with Gasteiger partial charge in [0, 0.05) is 17.8 Å². The molecule has 1 N–H and O–H groups in total. The van der Waals surface area contributed by atoms with E-state index in [-0.39, 0.29) is 18.0 Å². The quantitative estimate of drug-likeness (QED) is 0.883. The lowest BCUT2D eigenvalue weighted by Crippen LogP contribution is -2.46. The first-order chi connectivity index (χ1) is 8.92. The Bertz CT molecular complexity index is 443. The molecule has 4 nitrogen and oxygen atoms in total. The van der Waals surface area contributed by atoms with Gasteiger partial charge in [0.1, 0.15) is 0 Å². The average molecular weight is 259 g/mol. The van der Waals surface area contributed by atoms with Gasteiger partial charge in [0.2, 0.25) is 5.91 Å². The summed E-state index contributed by atoms with van der Waals surface area (Å²) in [6.45, 7) is 6.67. The maximum Gasteiger partial charge on any atom is 0.239 e. The number of rotatable bonds is 5. The first kappa shape index (κ1) is 15.0. The summed E-state index contributed by atoms with van der Waals surface area (Å²) in [5.74, 6) is -0.0331. The molecule has 0 heterocycles. The van der Waals surface area contributed by atoms with E-state index in [4.69, 9.17) is 5.26 Å². The SMILES string of the molecule is CC(C)(C)NC(=O)CN(CCC#N)c1ccccc1. The van der Waals surface area contributed by atoms with Gasteiger partial charge in [-0.3, -0.25) is 4.79 Å². The molecule has 1 rings (SSSR count). The number of hydrogen-bond donors (Lipinski definition) is 1. The van der Waals surface area contributed by atoms with Crippen LogP contribution in [-0.2, 0) is 4.79 Å². The Kier molecular flexibility index (Phi) is 5.37. The Morgan fingerprint density at radius 3 is 2.47 bits per heavy atom. The third-order valence-corrected chi connectivity index (χ3v) is 2.46. The van der Waals surface area contributed by atoms with E-state index in [9.17, 15) is 4.79 Å². The number of nitrogens with zero attached hydrogens (tertiary/aromatic N) is 2. The number of carbonyl (C=O) groups is 1. The van der Waals surface area contributed by atoms with E-state index in [1.807, 2.05) is 56.0 Å². The lowest BCUT2D eigenvalue weighted by molar-refractivity contribution is -0.121. The Balaban J connectivity index is 2.71. The fraction of sp³-hybridized carbons (Fsp3) is 0.467. The normalized spacial score (nSPS) is 10.6. The van der Waals surface area contributed by atoms with E-state index in [1.54, 1.807) is 0 Å². The van der Waals surface area contributed by atoms with Crippen molar-refractivity contribution in [2.24, 2.45) is 0 Å². The van der Waals surface area contributed by atoms with E-state index < -0.39 is 0 Å². The van der Waals surface area contributed by atoms with Gasteiger partial charge in [-0.1, -0.05) is 18.2 Å². The molecular weight excluding hydrogens is 238 g/mol. The zero-order chi connectivity index (χ0) is 14.3. The minimum atomic E-state index is -0.241. The fourth-order valence-electron chi connectivity index (χ4n) is 1.75. The van der Waals surface area contributed by atoms with Crippen LogP contribution >= 0.6 is 0 Å². The summed E-state index contributed by atoms with van der Waals surface area (Å²) in [4.78, 5) is 13.9. The Morgan fingerprint density at radius 2 is 1.95 bits per heavy atom. The molecule has 0 saturated heterocycles. The van der Waals surface area contributed by atoms with Gasteiger partial charge >= 0.3 is 0 Å². The molecule has 0 atom stereocenters. The molecule has 0 fully saturated rings. The molecule has 0 aliphatic heterocycles. The van der Waals surface area contributed by atoms with Crippen molar-refractivity contribution in [3.63, 3.8) is 0 Å². The van der Waals surface area contributed by atoms with Crippen LogP contribution in [0.5, 0.6) is 0 Å². The minimum absolute atomic E-state index is 0.0331. The van der Waals surface area contributed by atoms with Crippen LogP contribution in [0.4, 0.5) is 5.69 Å². The molecule has 0 bridgehead atoms. The van der Waals surface area contributed by atoms with Crippen molar-refractivity contribution in [1.82, 2.24) is 5.32 Å². The smallest absolute Gasteiger partial charge is 0.239 e. The summed E-state index contributed by atoms with van der Waals surface area (Å²) < 4.78 is 0. The third kappa shape index (κ3) is 5.91. The van der Waals surface area contributed by atoms with Crippen LogP contribution in [0.3, 0.4) is 0 Å². The molecule has 1 aromatic carbocycles. The number of amides is 1. The second-order valence-electron chi connectivity index (χ2n) is 5.46.